The van der Waals surface area contributed by atoms with E-state index in [0.29, 0.717) is 22.8 Å². The second kappa shape index (κ2) is 7.66. The Morgan fingerprint density at radius 2 is 1.87 bits per heavy atom. The Labute approximate surface area is 171 Å². The van der Waals surface area contributed by atoms with E-state index in [2.05, 4.69) is 20.5 Å². The standard InChI is InChI=1S/C21H20F2N6O/c1-12-9-17(28(3)26-12)25-18(30)11-29-21-19(13(2)27-29)15(20(22)23)10-16(24-21)14-7-5-4-6-8-14/h4-10,20H,11H2,1-3H3,(H,25,30). The van der Waals surface area contributed by atoms with Crippen LogP contribution in [-0.4, -0.2) is 30.5 Å². The first-order valence-electron chi connectivity index (χ1n) is 9.35. The quantitative estimate of drug-likeness (QED) is 0.539. The maximum Gasteiger partial charge on any atom is 0.264 e. The average Bonchev–Trinajstić information content (AvgIpc) is 3.19. The predicted octanol–water partition coefficient (Wildman–Crippen LogP) is 4.02. The Bertz CT molecular complexity index is 1230. The van der Waals surface area contributed by atoms with Crippen LogP contribution in [0.4, 0.5) is 14.6 Å². The number of halogens is 2. The van der Waals surface area contributed by atoms with E-state index in [0.717, 1.165) is 5.69 Å². The van der Waals surface area contributed by atoms with Gasteiger partial charge in [0.05, 0.1) is 22.5 Å². The number of nitrogens with one attached hydrogen (secondary N) is 1. The van der Waals surface area contributed by atoms with Crippen molar-refractivity contribution in [1.82, 2.24) is 24.5 Å². The van der Waals surface area contributed by atoms with Crippen molar-refractivity contribution < 1.29 is 13.6 Å². The van der Waals surface area contributed by atoms with Crippen LogP contribution in [0.5, 0.6) is 0 Å². The minimum absolute atomic E-state index is 0.148. The van der Waals surface area contributed by atoms with Crippen molar-refractivity contribution in [3.63, 3.8) is 0 Å². The van der Waals surface area contributed by atoms with Gasteiger partial charge in [0.2, 0.25) is 5.91 Å². The summed E-state index contributed by atoms with van der Waals surface area (Å²) in [7, 11) is 1.72. The summed E-state index contributed by atoms with van der Waals surface area (Å²) in [5.74, 6) is 0.185. The molecular weight excluding hydrogens is 390 g/mol. The fourth-order valence-corrected chi connectivity index (χ4v) is 3.47. The molecule has 0 atom stereocenters. The van der Waals surface area contributed by atoms with Gasteiger partial charge in [-0.25, -0.2) is 18.4 Å². The lowest BCUT2D eigenvalue weighted by molar-refractivity contribution is -0.116. The van der Waals surface area contributed by atoms with Gasteiger partial charge < -0.3 is 5.32 Å². The normalized spacial score (nSPS) is 11.4. The van der Waals surface area contributed by atoms with Crippen LogP contribution in [0.3, 0.4) is 0 Å². The highest BCUT2D eigenvalue weighted by Crippen LogP contribution is 2.33. The number of hydrogen-bond acceptors (Lipinski definition) is 4. The lowest BCUT2D eigenvalue weighted by Crippen LogP contribution is -2.21. The first-order chi connectivity index (χ1) is 14.3. The Morgan fingerprint density at radius 1 is 1.13 bits per heavy atom. The largest absolute Gasteiger partial charge is 0.309 e. The number of pyridine rings is 1. The molecule has 0 aliphatic carbocycles. The summed E-state index contributed by atoms with van der Waals surface area (Å²) in [6.07, 6.45) is -2.69. The van der Waals surface area contributed by atoms with E-state index < -0.39 is 6.43 Å². The van der Waals surface area contributed by atoms with Gasteiger partial charge in [0.1, 0.15) is 12.4 Å². The van der Waals surface area contributed by atoms with Crippen LogP contribution in [0.15, 0.2) is 42.5 Å². The summed E-state index contributed by atoms with van der Waals surface area (Å²) in [5, 5.41) is 11.5. The molecule has 0 spiro atoms. The number of carbonyl (C=O) groups excluding carboxylic acids is 1. The number of carbonyl (C=O) groups is 1. The van der Waals surface area contributed by atoms with E-state index in [1.807, 2.05) is 25.1 Å². The molecule has 0 aliphatic heterocycles. The molecule has 7 nitrogen and oxygen atoms in total. The van der Waals surface area contributed by atoms with Crippen LogP contribution in [0, 0.1) is 13.8 Å². The Morgan fingerprint density at radius 3 is 2.50 bits per heavy atom. The van der Waals surface area contributed by atoms with Gasteiger partial charge in [0.15, 0.2) is 5.65 Å². The van der Waals surface area contributed by atoms with Crippen molar-refractivity contribution in [2.45, 2.75) is 26.8 Å². The zero-order chi connectivity index (χ0) is 21.4. The van der Waals surface area contributed by atoms with E-state index >= 15 is 0 Å². The molecule has 30 heavy (non-hydrogen) atoms. The van der Waals surface area contributed by atoms with Crippen LogP contribution < -0.4 is 5.32 Å². The first kappa shape index (κ1) is 19.7. The Hall–Kier alpha value is -3.62. The monoisotopic (exact) mass is 410 g/mol. The maximum absolute atomic E-state index is 13.8. The third-order valence-corrected chi connectivity index (χ3v) is 4.78. The highest BCUT2D eigenvalue weighted by Gasteiger charge is 2.22. The number of fused-ring (bicyclic) bond motifs is 1. The first-order valence-corrected chi connectivity index (χ1v) is 9.35. The molecule has 9 heteroatoms. The van der Waals surface area contributed by atoms with Crippen molar-refractivity contribution in [3.8, 4) is 11.3 Å². The molecule has 0 bridgehead atoms. The Kier molecular flexibility index (Phi) is 5.03. The minimum Gasteiger partial charge on any atom is -0.309 e. The predicted molar refractivity (Wildman–Crippen MR) is 109 cm³/mol. The van der Waals surface area contributed by atoms with Gasteiger partial charge in [-0.1, -0.05) is 30.3 Å². The minimum atomic E-state index is -2.69. The molecule has 0 saturated heterocycles. The molecule has 1 aromatic carbocycles. The fourth-order valence-electron chi connectivity index (χ4n) is 3.47. The topological polar surface area (TPSA) is 77.6 Å². The third kappa shape index (κ3) is 3.66. The lowest BCUT2D eigenvalue weighted by atomic mass is 10.1. The van der Waals surface area contributed by atoms with Crippen molar-refractivity contribution in [2.75, 3.05) is 5.32 Å². The molecule has 0 aliphatic rings. The highest BCUT2D eigenvalue weighted by atomic mass is 19.3. The van der Waals surface area contributed by atoms with Crippen molar-refractivity contribution in [2.24, 2.45) is 7.05 Å². The van der Waals surface area contributed by atoms with Gasteiger partial charge in [0.25, 0.3) is 6.43 Å². The summed E-state index contributed by atoms with van der Waals surface area (Å²) >= 11 is 0. The fraction of sp³-hybridized carbons (Fsp3) is 0.238. The number of alkyl halides is 2. The van der Waals surface area contributed by atoms with Crippen LogP contribution in [-0.2, 0) is 18.4 Å². The molecule has 4 aromatic rings. The Balaban J connectivity index is 1.75. The van der Waals surface area contributed by atoms with Gasteiger partial charge in [-0.05, 0) is 19.9 Å². The molecular formula is C21H20F2N6O. The number of aryl methyl sites for hydroxylation is 3. The zero-order valence-electron chi connectivity index (χ0n) is 16.7. The molecule has 0 unspecified atom stereocenters. The number of nitrogens with zero attached hydrogens (tertiary/aromatic N) is 5. The zero-order valence-corrected chi connectivity index (χ0v) is 16.7. The van der Waals surface area contributed by atoms with E-state index in [4.69, 9.17) is 0 Å². The van der Waals surface area contributed by atoms with Crippen LogP contribution in [0.2, 0.25) is 0 Å². The molecule has 154 valence electrons. The molecule has 0 radical (unpaired) electrons. The molecule has 3 heterocycles. The molecule has 1 amide bonds. The maximum atomic E-state index is 13.8. The summed E-state index contributed by atoms with van der Waals surface area (Å²) in [6, 6.07) is 12.2. The molecule has 0 fully saturated rings. The third-order valence-electron chi connectivity index (χ3n) is 4.78. The number of amides is 1. The van der Waals surface area contributed by atoms with Gasteiger partial charge in [-0.2, -0.15) is 10.2 Å². The van der Waals surface area contributed by atoms with Crippen molar-refractivity contribution in [1.29, 1.82) is 0 Å². The number of anilines is 1. The molecule has 3 aromatic heterocycles. The highest BCUT2D eigenvalue weighted by molar-refractivity contribution is 5.92. The van der Waals surface area contributed by atoms with Crippen molar-refractivity contribution >= 4 is 22.8 Å². The summed E-state index contributed by atoms with van der Waals surface area (Å²) in [4.78, 5) is 17.1. The van der Waals surface area contributed by atoms with Gasteiger partial charge in [-0.15, -0.1) is 0 Å². The second-order valence-electron chi connectivity index (χ2n) is 7.05. The van der Waals surface area contributed by atoms with E-state index in [1.165, 1.54) is 10.7 Å². The van der Waals surface area contributed by atoms with Gasteiger partial charge >= 0.3 is 0 Å². The van der Waals surface area contributed by atoms with Crippen molar-refractivity contribution in [3.05, 3.63) is 59.4 Å². The number of rotatable bonds is 5. The van der Waals surface area contributed by atoms with E-state index in [9.17, 15) is 13.6 Å². The smallest absolute Gasteiger partial charge is 0.264 e. The average molecular weight is 410 g/mol. The SMILES string of the molecule is Cc1cc(NC(=O)Cn2nc(C)c3c(C(F)F)cc(-c4ccccc4)nc32)n(C)n1. The molecule has 1 N–H and O–H groups in total. The van der Waals surface area contributed by atoms with Crippen LogP contribution in [0.25, 0.3) is 22.3 Å². The molecule has 4 rings (SSSR count). The number of aromatic nitrogens is 5. The van der Waals surface area contributed by atoms with E-state index in [1.54, 1.807) is 36.9 Å². The summed E-state index contributed by atoms with van der Waals surface area (Å²) < 4.78 is 30.6. The van der Waals surface area contributed by atoms with Crippen LogP contribution in [0.1, 0.15) is 23.4 Å². The summed E-state index contributed by atoms with van der Waals surface area (Å²) in [6.45, 7) is 3.29. The van der Waals surface area contributed by atoms with E-state index in [-0.39, 0.29) is 29.0 Å². The van der Waals surface area contributed by atoms with Gasteiger partial charge in [0, 0.05) is 24.2 Å². The van der Waals surface area contributed by atoms with Crippen LogP contribution >= 0.6 is 0 Å². The van der Waals surface area contributed by atoms with Gasteiger partial charge in [-0.3, -0.25) is 9.48 Å². The number of hydrogen-bond donors (Lipinski definition) is 1. The summed E-state index contributed by atoms with van der Waals surface area (Å²) in [5.41, 5.74) is 2.38. The second-order valence-corrected chi connectivity index (χ2v) is 7.05. The number of benzene rings is 1. The molecule has 0 saturated carbocycles. The lowest BCUT2D eigenvalue weighted by Gasteiger charge is -2.09.